The van der Waals surface area contributed by atoms with Gasteiger partial charge in [-0.3, -0.25) is 19.0 Å². The molecule has 4 aromatic carbocycles. The van der Waals surface area contributed by atoms with Crippen LogP contribution in [-0.4, -0.2) is 36.3 Å². The Morgan fingerprint density at radius 2 is 1.56 bits per heavy atom. The number of fused-ring (bicyclic) bond motifs is 12. The largest absolute Gasteiger partial charge is 0.308 e. The van der Waals surface area contributed by atoms with Crippen molar-refractivity contribution in [2.45, 2.75) is 76.2 Å². The van der Waals surface area contributed by atoms with Gasteiger partial charge in [0, 0.05) is 36.2 Å². The van der Waals surface area contributed by atoms with Crippen LogP contribution in [0.1, 0.15) is 80.0 Å². The minimum absolute atomic E-state index is 0.0294. The second-order valence-corrected chi connectivity index (χ2v) is 14.4. The molecule has 1 N–H and O–H groups in total. The van der Waals surface area contributed by atoms with E-state index in [1.54, 1.807) is 45.9 Å². The number of amides is 2. The Morgan fingerprint density at radius 3 is 2.34 bits per heavy atom. The molecule has 9 nitrogen and oxygen atoms in total. The molecule has 7 rings (SSSR count). The van der Waals surface area contributed by atoms with Crippen LogP contribution in [0, 0.1) is 0 Å². The van der Waals surface area contributed by atoms with Gasteiger partial charge in [-0.05, 0) is 66.8 Å². The van der Waals surface area contributed by atoms with Crippen molar-refractivity contribution in [1.29, 1.82) is 0 Å². The molecular formula is C40H42N4O5S. The van der Waals surface area contributed by atoms with Crippen molar-refractivity contribution in [1.82, 2.24) is 14.3 Å². The van der Waals surface area contributed by atoms with Crippen LogP contribution >= 0.6 is 0 Å². The van der Waals surface area contributed by atoms with Gasteiger partial charge in [0.05, 0.1) is 22.3 Å². The fourth-order valence-electron chi connectivity index (χ4n) is 6.45. The number of nitrogens with one attached hydrogen (secondary N) is 1. The molecule has 5 bridgehead atoms. The zero-order chi connectivity index (χ0) is 35.1. The topological polar surface area (TPSA) is 118 Å². The van der Waals surface area contributed by atoms with Crippen molar-refractivity contribution in [3.8, 4) is 11.1 Å². The third kappa shape index (κ3) is 7.86. The fraction of sp³-hybridized carbons (Fsp3) is 0.300. The third-order valence-corrected chi connectivity index (χ3v) is 10.6. The minimum Gasteiger partial charge on any atom is -0.308 e. The second-order valence-electron chi connectivity index (χ2n) is 12.8. The number of aryl methyl sites for hydroxylation is 1. The van der Waals surface area contributed by atoms with Crippen LogP contribution in [0.2, 0.25) is 0 Å². The molecule has 3 heterocycles. The molecule has 2 aliphatic rings. The number of aromatic nitrogens is 2. The maximum Gasteiger partial charge on any atom is 0.264 e. The first-order chi connectivity index (χ1) is 24.2. The van der Waals surface area contributed by atoms with Crippen LogP contribution < -0.4 is 15.2 Å². The van der Waals surface area contributed by atoms with Gasteiger partial charge in [0.15, 0.2) is 0 Å². The van der Waals surface area contributed by atoms with Crippen molar-refractivity contribution in [3.05, 3.63) is 124 Å². The molecule has 0 atom stereocenters. The van der Waals surface area contributed by atoms with Crippen LogP contribution in [0.25, 0.3) is 22.0 Å². The van der Waals surface area contributed by atoms with E-state index in [0.29, 0.717) is 64.9 Å². The van der Waals surface area contributed by atoms with E-state index in [9.17, 15) is 22.8 Å². The van der Waals surface area contributed by atoms with Crippen LogP contribution in [0.4, 0.5) is 5.69 Å². The molecule has 2 amide bonds. The molecule has 0 saturated carbocycles. The second kappa shape index (κ2) is 15.6. The highest BCUT2D eigenvalue weighted by Crippen LogP contribution is 2.28. The molecule has 0 saturated heterocycles. The van der Waals surface area contributed by atoms with E-state index in [0.717, 1.165) is 37.7 Å². The lowest BCUT2D eigenvalue weighted by molar-refractivity contribution is -0.119. The number of rotatable bonds is 4. The first-order valence-electron chi connectivity index (χ1n) is 17.4. The highest BCUT2D eigenvalue weighted by atomic mass is 32.2. The van der Waals surface area contributed by atoms with Crippen molar-refractivity contribution in [2.75, 3.05) is 11.4 Å². The maximum atomic E-state index is 14.3. The summed E-state index contributed by atoms with van der Waals surface area (Å²) >= 11 is 0. The van der Waals surface area contributed by atoms with E-state index in [2.05, 4.69) is 11.6 Å². The van der Waals surface area contributed by atoms with E-state index in [4.69, 9.17) is 4.98 Å². The van der Waals surface area contributed by atoms with E-state index in [1.165, 1.54) is 6.07 Å². The zero-order valence-corrected chi connectivity index (χ0v) is 29.1. The van der Waals surface area contributed by atoms with Crippen LogP contribution in [0.3, 0.4) is 0 Å². The van der Waals surface area contributed by atoms with Crippen molar-refractivity contribution < 1.29 is 18.0 Å². The molecule has 10 heteroatoms. The lowest BCUT2D eigenvalue weighted by Crippen LogP contribution is -2.32. The molecule has 0 aliphatic carbocycles. The summed E-state index contributed by atoms with van der Waals surface area (Å²) in [7, 11) is -4.11. The van der Waals surface area contributed by atoms with Gasteiger partial charge in [-0.15, -0.1) is 0 Å². The van der Waals surface area contributed by atoms with Gasteiger partial charge in [-0.25, -0.2) is 18.1 Å². The van der Waals surface area contributed by atoms with Crippen LogP contribution in [0.15, 0.2) is 107 Å². The zero-order valence-electron chi connectivity index (χ0n) is 28.3. The van der Waals surface area contributed by atoms with E-state index in [-0.39, 0.29) is 29.3 Å². The van der Waals surface area contributed by atoms with Gasteiger partial charge in [-0.2, -0.15) is 0 Å². The average molecular weight is 691 g/mol. The summed E-state index contributed by atoms with van der Waals surface area (Å²) in [5.74, 6) is 0.00151. The van der Waals surface area contributed by atoms with Crippen molar-refractivity contribution >= 4 is 38.4 Å². The molecule has 258 valence electrons. The quantitative estimate of drug-likeness (QED) is 0.212. The molecule has 0 fully saturated rings. The Labute approximate surface area is 293 Å². The number of hydrogen-bond donors (Lipinski definition) is 1. The van der Waals surface area contributed by atoms with E-state index in [1.807, 2.05) is 54.6 Å². The number of carbonyl (C=O) groups excluding carboxylic acids is 2. The molecule has 50 heavy (non-hydrogen) atoms. The highest BCUT2D eigenvalue weighted by Gasteiger charge is 2.23. The number of anilines is 1. The Bertz CT molecular complexity index is 2160. The molecular weight excluding hydrogens is 649 g/mol. The van der Waals surface area contributed by atoms with E-state index < -0.39 is 15.9 Å². The van der Waals surface area contributed by atoms with Crippen molar-refractivity contribution in [3.63, 3.8) is 0 Å². The normalized spacial score (nSPS) is 15.5. The number of benzene rings is 4. The SMILES string of the molecule is CCCCc1nc2ccc3cc2c(=O)n1Cc1ccc(cc1)-c1ccccc1S(=O)(=O)NC(=O)CCCCCCCN3C(=O)c1ccccc1. The van der Waals surface area contributed by atoms with Gasteiger partial charge >= 0.3 is 0 Å². The number of carbonyl (C=O) groups is 2. The molecule has 5 aromatic rings. The van der Waals surface area contributed by atoms with Gasteiger partial charge in [0.25, 0.3) is 21.5 Å². The van der Waals surface area contributed by atoms with Gasteiger partial charge in [-0.1, -0.05) is 93.3 Å². The molecule has 0 spiro atoms. The summed E-state index contributed by atoms with van der Waals surface area (Å²) in [4.78, 5) is 47.6. The molecule has 1 aromatic heterocycles. The van der Waals surface area contributed by atoms with Crippen LogP contribution in [-0.2, 0) is 27.8 Å². The molecule has 2 aliphatic heterocycles. The van der Waals surface area contributed by atoms with Crippen molar-refractivity contribution in [2.24, 2.45) is 0 Å². The smallest absolute Gasteiger partial charge is 0.264 e. The van der Waals surface area contributed by atoms with Gasteiger partial charge in [0.2, 0.25) is 5.91 Å². The fourth-order valence-corrected chi connectivity index (χ4v) is 7.69. The number of sulfonamides is 1. The Morgan fingerprint density at radius 1 is 0.840 bits per heavy atom. The van der Waals surface area contributed by atoms with E-state index >= 15 is 0 Å². The van der Waals surface area contributed by atoms with Crippen LogP contribution in [0.5, 0.6) is 0 Å². The van der Waals surface area contributed by atoms with Gasteiger partial charge < -0.3 is 4.90 Å². The predicted octanol–water partition coefficient (Wildman–Crippen LogP) is 7.26. The summed E-state index contributed by atoms with van der Waals surface area (Å²) in [5, 5.41) is 0.444. The Balaban J connectivity index is 1.44. The summed E-state index contributed by atoms with van der Waals surface area (Å²) < 4.78 is 30.7. The standard InChI is InChI=1S/C40H42N4O5S/c1-2-3-18-37-41-35-25-24-32-27-34(35)40(47)44(37)28-29-20-22-30(23-21-29)33-16-11-12-17-36(33)50(48,49)42-38(45)19-10-5-4-6-13-26-43(32)39(46)31-14-8-7-9-15-31/h7-9,11-12,14-17,20-25,27H,2-6,10,13,18-19,26,28H2,1H3,(H,42,45). The van der Waals surface area contributed by atoms with Gasteiger partial charge in [0.1, 0.15) is 5.82 Å². The average Bonchev–Trinajstić information content (AvgIpc) is 3.13. The monoisotopic (exact) mass is 690 g/mol. The summed E-state index contributed by atoms with van der Waals surface area (Å²) in [6.45, 7) is 2.81. The third-order valence-electron chi connectivity index (χ3n) is 9.16. The Kier molecular flexibility index (Phi) is 10.9. The summed E-state index contributed by atoms with van der Waals surface area (Å²) in [5.41, 5.74) is 3.61. The summed E-state index contributed by atoms with van der Waals surface area (Å²) in [6, 6.07) is 28.7. The first-order valence-corrected chi connectivity index (χ1v) is 18.9. The maximum absolute atomic E-state index is 14.3. The molecule has 0 radical (unpaired) electrons. The first kappa shape index (κ1) is 34.8. The lowest BCUT2D eigenvalue weighted by atomic mass is 10.0. The molecule has 0 unspecified atom stereocenters. The number of hydrogen-bond acceptors (Lipinski definition) is 6. The number of unbranched alkanes of at least 4 members (excludes halogenated alkanes) is 1. The summed E-state index contributed by atoms with van der Waals surface area (Å²) in [6.07, 6.45) is 6.17. The highest BCUT2D eigenvalue weighted by molar-refractivity contribution is 7.90. The minimum atomic E-state index is -4.11. The Hall–Kier alpha value is -5.09. The lowest BCUT2D eigenvalue weighted by Gasteiger charge is -2.24. The predicted molar refractivity (Wildman–Crippen MR) is 197 cm³/mol. The number of nitrogens with zero attached hydrogens (tertiary/aromatic N) is 3.